The quantitative estimate of drug-likeness (QED) is 0.753. The summed E-state index contributed by atoms with van der Waals surface area (Å²) in [5, 5.41) is 23.5. The summed E-state index contributed by atoms with van der Waals surface area (Å²) in [7, 11) is 0. The normalized spacial score (nSPS) is 19.7. The Labute approximate surface area is 106 Å². The molecule has 0 spiro atoms. The Kier molecular flexibility index (Phi) is 4.05. The molecule has 1 atom stereocenters. The molecule has 3 N–H and O–H groups in total. The van der Waals surface area contributed by atoms with Gasteiger partial charge in [0.05, 0.1) is 11.7 Å². The smallest absolute Gasteiger partial charge is 0.0928 e. The summed E-state index contributed by atoms with van der Waals surface area (Å²) in [6.45, 7) is 0.945. The van der Waals surface area contributed by atoms with Gasteiger partial charge in [-0.1, -0.05) is 29.8 Å². The summed E-state index contributed by atoms with van der Waals surface area (Å²) >= 11 is 5.99. The van der Waals surface area contributed by atoms with E-state index in [1.165, 1.54) is 0 Å². The lowest BCUT2D eigenvalue weighted by Crippen LogP contribution is -2.47. The van der Waals surface area contributed by atoms with E-state index in [4.69, 9.17) is 11.6 Å². The zero-order valence-corrected chi connectivity index (χ0v) is 10.5. The van der Waals surface area contributed by atoms with Crippen LogP contribution in [0.4, 0.5) is 0 Å². The minimum atomic E-state index is -0.632. The van der Waals surface area contributed by atoms with Crippen LogP contribution < -0.4 is 5.32 Å². The molecule has 0 saturated heterocycles. The van der Waals surface area contributed by atoms with Crippen molar-refractivity contribution in [1.29, 1.82) is 0 Å². The van der Waals surface area contributed by atoms with Gasteiger partial charge in [-0.2, -0.15) is 0 Å². The van der Waals surface area contributed by atoms with Crippen molar-refractivity contribution < 1.29 is 10.2 Å². The average Bonchev–Trinajstić information content (AvgIpc) is 2.27. The number of aliphatic hydroxyl groups excluding tert-OH is 1. The highest BCUT2D eigenvalue weighted by Gasteiger charge is 2.33. The van der Waals surface area contributed by atoms with Crippen LogP contribution in [0.15, 0.2) is 24.3 Å². The molecule has 1 aliphatic carbocycles. The molecule has 3 nitrogen and oxygen atoms in total. The highest BCUT2D eigenvalue weighted by atomic mass is 35.5. The Balaban J connectivity index is 1.81. The fourth-order valence-corrected chi connectivity index (χ4v) is 2.32. The summed E-state index contributed by atoms with van der Waals surface area (Å²) in [6, 6.07) is 7.26. The van der Waals surface area contributed by atoms with Gasteiger partial charge in [-0.05, 0) is 25.3 Å². The van der Waals surface area contributed by atoms with Crippen LogP contribution in [0.1, 0.15) is 30.9 Å². The number of aliphatic hydroxyl groups is 2. The van der Waals surface area contributed by atoms with Crippen LogP contribution in [0.25, 0.3) is 0 Å². The SMILES string of the molecule is OC(CNCC1(O)CCC1)c1ccccc1Cl. The summed E-state index contributed by atoms with van der Waals surface area (Å²) in [5.74, 6) is 0. The standard InChI is InChI=1S/C13H18ClNO2/c14-11-5-2-1-4-10(11)12(16)8-15-9-13(17)6-3-7-13/h1-2,4-5,12,15-17H,3,6-9H2. The van der Waals surface area contributed by atoms with Crippen LogP contribution in [0.5, 0.6) is 0 Å². The van der Waals surface area contributed by atoms with Crippen LogP contribution in [0, 0.1) is 0 Å². The first kappa shape index (κ1) is 12.8. The molecule has 0 bridgehead atoms. The summed E-state index contributed by atoms with van der Waals surface area (Å²) in [4.78, 5) is 0. The Bertz CT molecular complexity index is 379. The summed E-state index contributed by atoms with van der Waals surface area (Å²) in [5.41, 5.74) is 0.169. The van der Waals surface area contributed by atoms with Crippen LogP contribution in [-0.2, 0) is 0 Å². The third-order valence-electron chi connectivity index (χ3n) is 3.34. The molecule has 17 heavy (non-hydrogen) atoms. The van der Waals surface area contributed by atoms with Gasteiger partial charge < -0.3 is 15.5 Å². The molecule has 2 rings (SSSR count). The molecule has 1 aromatic rings. The van der Waals surface area contributed by atoms with E-state index in [1.54, 1.807) is 6.07 Å². The van der Waals surface area contributed by atoms with E-state index in [0.29, 0.717) is 18.1 Å². The molecule has 1 saturated carbocycles. The van der Waals surface area contributed by atoms with Gasteiger partial charge >= 0.3 is 0 Å². The van der Waals surface area contributed by atoms with Crippen molar-refractivity contribution in [3.63, 3.8) is 0 Å². The number of nitrogens with one attached hydrogen (secondary N) is 1. The van der Waals surface area contributed by atoms with E-state index in [1.807, 2.05) is 18.2 Å². The van der Waals surface area contributed by atoms with Gasteiger partial charge in [0.25, 0.3) is 0 Å². The Morgan fingerprint density at radius 2 is 2.06 bits per heavy atom. The van der Waals surface area contributed by atoms with Crippen molar-refractivity contribution >= 4 is 11.6 Å². The maximum atomic E-state index is 9.96. The lowest BCUT2D eigenvalue weighted by molar-refractivity contribution is -0.0328. The Morgan fingerprint density at radius 1 is 1.35 bits per heavy atom. The molecular formula is C13H18ClNO2. The lowest BCUT2D eigenvalue weighted by Gasteiger charge is -2.37. The van der Waals surface area contributed by atoms with Crippen molar-refractivity contribution in [3.8, 4) is 0 Å². The molecular weight excluding hydrogens is 238 g/mol. The van der Waals surface area contributed by atoms with Gasteiger partial charge in [0, 0.05) is 23.7 Å². The third-order valence-corrected chi connectivity index (χ3v) is 3.68. The molecule has 0 heterocycles. The van der Waals surface area contributed by atoms with Crippen molar-refractivity contribution in [3.05, 3.63) is 34.9 Å². The zero-order valence-electron chi connectivity index (χ0n) is 9.69. The highest BCUT2D eigenvalue weighted by Crippen LogP contribution is 2.30. The van der Waals surface area contributed by atoms with E-state index in [9.17, 15) is 10.2 Å². The molecule has 0 aliphatic heterocycles. The first-order valence-electron chi connectivity index (χ1n) is 5.96. The van der Waals surface area contributed by atoms with Crippen molar-refractivity contribution in [2.24, 2.45) is 0 Å². The fraction of sp³-hybridized carbons (Fsp3) is 0.538. The number of halogens is 1. The second-order valence-electron chi connectivity index (χ2n) is 4.75. The number of hydrogen-bond acceptors (Lipinski definition) is 3. The zero-order chi connectivity index (χ0) is 12.3. The molecule has 0 amide bonds. The summed E-state index contributed by atoms with van der Waals surface area (Å²) in [6.07, 6.45) is 2.16. The third kappa shape index (κ3) is 3.19. The van der Waals surface area contributed by atoms with Gasteiger partial charge in [0.1, 0.15) is 0 Å². The number of benzene rings is 1. The second-order valence-corrected chi connectivity index (χ2v) is 5.15. The van der Waals surface area contributed by atoms with E-state index in [-0.39, 0.29) is 0 Å². The van der Waals surface area contributed by atoms with E-state index in [2.05, 4.69) is 5.32 Å². The summed E-state index contributed by atoms with van der Waals surface area (Å²) < 4.78 is 0. The van der Waals surface area contributed by atoms with Gasteiger partial charge in [0.15, 0.2) is 0 Å². The van der Waals surface area contributed by atoms with Crippen LogP contribution in [0.3, 0.4) is 0 Å². The lowest BCUT2D eigenvalue weighted by atomic mass is 9.80. The van der Waals surface area contributed by atoms with Gasteiger partial charge in [-0.25, -0.2) is 0 Å². The molecule has 4 heteroatoms. The van der Waals surface area contributed by atoms with Gasteiger partial charge in [-0.3, -0.25) is 0 Å². The molecule has 1 unspecified atom stereocenters. The fourth-order valence-electron chi connectivity index (χ4n) is 2.06. The maximum Gasteiger partial charge on any atom is 0.0928 e. The number of hydrogen-bond donors (Lipinski definition) is 3. The largest absolute Gasteiger partial charge is 0.389 e. The molecule has 0 aromatic heterocycles. The van der Waals surface area contributed by atoms with Crippen molar-refractivity contribution in [2.75, 3.05) is 13.1 Å². The van der Waals surface area contributed by atoms with E-state index >= 15 is 0 Å². The predicted octanol–water partition coefficient (Wildman–Crippen LogP) is 1.88. The highest BCUT2D eigenvalue weighted by molar-refractivity contribution is 6.31. The van der Waals surface area contributed by atoms with Crippen LogP contribution >= 0.6 is 11.6 Å². The topological polar surface area (TPSA) is 52.5 Å². The number of rotatable bonds is 5. The van der Waals surface area contributed by atoms with Crippen LogP contribution in [-0.4, -0.2) is 28.9 Å². The van der Waals surface area contributed by atoms with E-state index < -0.39 is 11.7 Å². The minimum absolute atomic E-state index is 0.409. The predicted molar refractivity (Wildman–Crippen MR) is 68.1 cm³/mol. The van der Waals surface area contributed by atoms with Crippen molar-refractivity contribution in [1.82, 2.24) is 5.32 Å². The average molecular weight is 256 g/mol. The first-order chi connectivity index (χ1) is 8.11. The second kappa shape index (κ2) is 5.36. The molecule has 1 aliphatic rings. The maximum absolute atomic E-state index is 9.96. The molecule has 94 valence electrons. The van der Waals surface area contributed by atoms with Gasteiger partial charge in [-0.15, -0.1) is 0 Å². The van der Waals surface area contributed by atoms with Crippen LogP contribution in [0.2, 0.25) is 5.02 Å². The molecule has 1 aromatic carbocycles. The minimum Gasteiger partial charge on any atom is -0.389 e. The van der Waals surface area contributed by atoms with Gasteiger partial charge in [0.2, 0.25) is 0 Å². The monoisotopic (exact) mass is 255 g/mol. The first-order valence-corrected chi connectivity index (χ1v) is 6.34. The molecule has 0 radical (unpaired) electrons. The Hall–Kier alpha value is -0.610. The Morgan fingerprint density at radius 3 is 2.65 bits per heavy atom. The van der Waals surface area contributed by atoms with Crippen molar-refractivity contribution in [2.45, 2.75) is 31.0 Å². The van der Waals surface area contributed by atoms with E-state index in [0.717, 1.165) is 24.8 Å². The molecule has 1 fully saturated rings.